The first kappa shape index (κ1) is 11.7. The van der Waals surface area contributed by atoms with Gasteiger partial charge >= 0.3 is 0 Å². The van der Waals surface area contributed by atoms with Gasteiger partial charge in [0.1, 0.15) is 0 Å². The Morgan fingerprint density at radius 3 is 2.54 bits per heavy atom. The highest BCUT2D eigenvalue weighted by Crippen LogP contribution is 2.18. The minimum Gasteiger partial charge on any atom is -0.398 e. The number of nitro benzene ring substituents is 1. The molecule has 0 aliphatic rings. The second-order valence-electron chi connectivity index (χ2n) is 2.34. The standard InChI is InChI=1S/C7H9N3O2.ClH/c8-4-5-3-6(10(11)12)1-2-7(5)9;/h1-3H,4,8-9H2;1H. The van der Waals surface area contributed by atoms with E-state index in [-0.39, 0.29) is 24.6 Å². The number of nitrogens with zero attached hydrogens (tertiary/aromatic N) is 1. The van der Waals surface area contributed by atoms with E-state index in [9.17, 15) is 10.1 Å². The van der Waals surface area contributed by atoms with Crippen LogP contribution < -0.4 is 11.5 Å². The number of hydrogen-bond donors (Lipinski definition) is 2. The molecule has 0 saturated heterocycles. The highest BCUT2D eigenvalue weighted by molar-refractivity contribution is 5.85. The molecule has 13 heavy (non-hydrogen) atoms. The number of rotatable bonds is 2. The van der Waals surface area contributed by atoms with E-state index in [1.807, 2.05) is 0 Å². The van der Waals surface area contributed by atoms with Crippen LogP contribution in [0.3, 0.4) is 0 Å². The van der Waals surface area contributed by atoms with Gasteiger partial charge in [-0.05, 0) is 11.6 Å². The molecule has 0 bridgehead atoms. The van der Waals surface area contributed by atoms with Crippen LogP contribution in [0.1, 0.15) is 5.56 Å². The van der Waals surface area contributed by atoms with Crippen LogP contribution in [0.4, 0.5) is 11.4 Å². The maximum atomic E-state index is 10.3. The predicted molar refractivity (Wildman–Crippen MR) is 52.6 cm³/mol. The Labute approximate surface area is 81.3 Å². The Morgan fingerprint density at radius 1 is 1.46 bits per heavy atom. The first-order chi connectivity index (χ1) is 5.65. The lowest BCUT2D eigenvalue weighted by atomic mass is 10.1. The zero-order valence-electron chi connectivity index (χ0n) is 6.77. The minimum absolute atomic E-state index is 0. The van der Waals surface area contributed by atoms with E-state index in [1.165, 1.54) is 18.2 Å². The summed E-state index contributed by atoms with van der Waals surface area (Å²) in [6.07, 6.45) is 0. The molecular formula is C7H10ClN3O2. The molecular weight excluding hydrogens is 194 g/mol. The fraction of sp³-hybridized carbons (Fsp3) is 0.143. The van der Waals surface area contributed by atoms with Gasteiger partial charge in [0.05, 0.1) is 4.92 Å². The Morgan fingerprint density at radius 2 is 2.08 bits per heavy atom. The molecule has 0 saturated carbocycles. The summed E-state index contributed by atoms with van der Waals surface area (Å²) in [5, 5.41) is 10.3. The summed E-state index contributed by atoms with van der Waals surface area (Å²) in [5.41, 5.74) is 11.9. The van der Waals surface area contributed by atoms with E-state index in [0.29, 0.717) is 11.3 Å². The smallest absolute Gasteiger partial charge is 0.269 e. The lowest BCUT2D eigenvalue weighted by molar-refractivity contribution is -0.384. The van der Waals surface area contributed by atoms with Gasteiger partial charge < -0.3 is 11.5 Å². The van der Waals surface area contributed by atoms with Crippen molar-refractivity contribution in [3.63, 3.8) is 0 Å². The van der Waals surface area contributed by atoms with Gasteiger partial charge in [-0.1, -0.05) is 0 Å². The Hall–Kier alpha value is -1.33. The Bertz CT molecular complexity index is 317. The molecule has 0 unspecified atom stereocenters. The quantitative estimate of drug-likeness (QED) is 0.427. The molecule has 0 aliphatic carbocycles. The molecule has 1 aromatic carbocycles. The van der Waals surface area contributed by atoms with Crippen molar-refractivity contribution in [2.24, 2.45) is 5.73 Å². The van der Waals surface area contributed by atoms with E-state index in [1.54, 1.807) is 0 Å². The molecule has 72 valence electrons. The molecule has 0 heterocycles. The Balaban J connectivity index is 0.00000144. The zero-order chi connectivity index (χ0) is 9.14. The summed E-state index contributed by atoms with van der Waals surface area (Å²) in [5.74, 6) is 0. The summed E-state index contributed by atoms with van der Waals surface area (Å²) < 4.78 is 0. The highest BCUT2D eigenvalue weighted by Gasteiger charge is 2.07. The Kier molecular flexibility index (Phi) is 4.16. The van der Waals surface area contributed by atoms with Crippen molar-refractivity contribution in [1.29, 1.82) is 0 Å². The molecule has 0 radical (unpaired) electrons. The summed E-state index contributed by atoms with van der Waals surface area (Å²) >= 11 is 0. The van der Waals surface area contributed by atoms with Gasteiger partial charge in [0.2, 0.25) is 0 Å². The average Bonchev–Trinajstić information content (AvgIpc) is 2.05. The number of nitrogen functional groups attached to an aromatic ring is 1. The fourth-order valence-corrected chi connectivity index (χ4v) is 0.882. The maximum absolute atomic E-state index is 10.3. The molecule has 0 aromatic heterocycles. The number of halogens is 1. The van der Waals surface area contributed by atoms with Crippen LogP contribution >= 0.6 is 12.4 Å². The second-order valence-corrected chi connectivity index (χ2v) is 2.34. The SMILES string of the molecule is Cl.NCc1cc([N+](=O)[O-])ccc1N. The zero-order valence-corrected chi connectivity index (χ0v) is 7.58. The van der Waals surface area contributed by atoms with Crippen LogP contribution in [0.25, 0.3) is 0 Å². The van der Waals surface area contributed by atoms with Crippen molar-refractivity contribution in [3.05, 3.63) is 33.9 Å². The molecule has 5 nitrogen and oxygen atoms in total. The van der Waals surface area contributed by atoms with Crippen LogP contribution in [-0.2, 0) is 6.54 Å². The molecule has 4 N–H and O–H groups in total. The number of benzene rings is 1. The third-order valence-corrected chi connectivity index (χ3v) is 1.56. The number of non-ortho nitro benzene ring substituents is 1. The molecule has 0 atom stereocenters. The number of nitro groups is 1. The van der Waals surface area contributed by atoms with E-state index in [0.717, 1.165) is 0 Å². The van der Waals surface area contributed by atoms with Crippen molar-refractivity contribution >= 4 is 23.8 Å². The first-order valence-corrected chi connectivity index (χ1v) is 3.38. The predicted octanol–water partition coefficient (Wildman–Crippen LogP) is 1.06. The molecule has 0 amide bonds. The van der Waals surface area contributed by atoms with Crippen LogP contribution in [0.15, 0.2) is 18.2 Å². The summed E-state index contributed by atoms with van der Waals surface area (Å²) in [4.78, 5) is 9.83. The molecule has 1 aromatic rings. The summed E-state index contributed by atoms with van der Waals surface area (Å²) in [6, 6.07) is 4.23. The van der Waals surface area contributed by atoms with E-state index in [2.05, 4.69) is 0 Å². The summed E-state index contributed by atoms with van der Waals surface area (Å²) in [6.45, 7) is 0.216. The van der Waals surface area contributed by atoms with E-state index >= 15 is 0 Å². The normalized spacial score (nSPS) is 9.00. The van der Waals surface area contributed by atoms with E-state index in [4.69, 9.17) is 11.5 Å². The van der Waals surface area contributed by atoms with Crippen molar-refractivity contribution in [1.82, 2.24) is 0 Å². The van der Waals surface area contributed by atoms with Gasteiger partial charge in [-0.2, -0.15) is 0 Å². The third kappa shape index (κ3) is 2.57. The van der Waals surface area contributed by atoms with E-state index < -0.39 is 4.92 Å². The fourth-order valence-electron chi connectivity index (χ4n) is 0.882. The summed E-state index contributed by atoms with van der Waals surface area (Å²) in [7, 11) is 0. The molecule has 6 heteroatoms. The molecule has 0 fully saturated rings. The van der Waals surface area contributed by atoms with Crippen molar-refractivity contribution in [2.45, 2.75) is 6.54 Å². The first-order valence-electron chi connectivity index (χ1n) is 3.38. The number of anilines is 1. The third-order valence-electron chi connectivity index (χ3n) is 1.56. The molecule has 0 spiro atoms. The highest BCUT2D eigenvalue weighted by atomic mass is 35.5. The van der Waals surface area contributed by atoms with Gasteiger partial charge in [0.15, 0.2) is 0 Å². The number of hydrogen-bond acceptors (Lipinski definition) is 4. The van der Waals surface area contributed by atoms with Gasteiger partial charge in [-0.25, -0.2) is 0 Å². The molecule has 1 rings (SSSR count). The van der Waals surface area contributed by atoms with Crippen molar-refractivity contribution < 1.29 is 4.92 Å². The van der Waals surface area contributed by atoms with Crippen LogP contribution in [0, 0.1) is 10.1 Å². The molecule has 0 aliphatic heterocycles. The van der Waals surface area contributed by atoms with Gasteiger partial charge in [-0.15, -0.1) is 12.4 Å². The minimum atomic E-state index is -0.474. The number of nitrogens with two attached hydrogens (primary N) is 2. The maximum Gasteiger partial charge on any atom is 0.269 e. The van der Waals surface area contributed by atoms with Crippen molar-refractivity contribution in [2.75, 3.05) is 5.73 Å². The van der Waals surface area contributed by atoms with Crippen molar-refractivity contribution in [3.8, 4) is 0 Å². The average molecular weight is 204 g/mol. The largest absolute Gasteiger partial charge is 0.398 e. The lowest BCUT2D eigenvalue weighted by Crippen LogP contribution is -2.02. The topological polar surface area (TPSA) is 95.2 Å². The second kappa shape index (κ2) is 4.64. The van der Waals surface area contributed by atoms with Crippen LogP contribution in [0.5, 0.6) is 0 Å². The lowest BCUT2D eigenvalue weighted by Gasteiger charge is -2.00. The van der Waals surface area contributed by atoms with Crippen LogP contribution in [-0.4, -0.2) is 4.92 Å². The van der Waals surface area contributed by atoms with Gasteiger partial charge in [0, 0.05) is 24.4 Å². The monoisotopic (exact) mass is 203 g/mol. The van der Waals surface area contributed by atoms with Crippen LogP contribution in [0.2, 0.25) is 0 Å². The van der Waals surface area contributed by atoms with Gasteiger partial charge in [0.25, 0.3) is 5.69 Å². The van der Waals surface area contributed by atoms with Gasteiger partial charge in [-0.3, -0.25) is 10.1 Å².